The van der Waals surface area contributed by atoms with Gasteiger partial charge in [0.2, 0.25) is 0 Å². The molecule has 0 heterocycles. The fourth-order valence-electron chi connectivity index (χ4n) is 2.63. The number of hydrogen-bond acceptors (Lipinski definition) is 2. The van der Waals surface area contributed by atoms with Crippen molar-refractivity contribution < 1.29 is 9.53 Å². The number of amides is 1. The lowest BCUT2D eigenvalue weighted by Crippen LogP contribution is -2.41. The molecule has 3 heteroatoms. The van der Waals surface area contributed by atoms with E-state index < -0.39 is 5.60 Å². The third-order valence-electron chi connectivity index (χ3n) is 3.50. The molecule has 18 heavy (non-hydrogen) atoms. The van der Waals surface area contributed by atoms with Gasteiger partial charge in [0.15, 0.2) is 0 Å². The number of rotatable bonds is 4. The highest BCUT2D eigenvalue weighted by molar-refractivity contribution is 5.67. The third kappa shape index (κ3) is 5.11. The molecule has 3 nitrogen and oxygen atoms in total. The minimum atomic E-state index is -0.428. The molecule has 1 N–H and O–H groups in total. The van der Waals surface area contributed by atoms with Gasteiger partial charge in [-0.05, 0) is 45.4 Å². The quantitative estimate of drug-likeness (QED) is 0.768. The van der Waals surface area contributed by atoms with Crippen LogP contribution in [0.1, 0.15) is 59.3 Å². The summed E-state index contributed by atoms with van der Waals surface area (Å²) in [5.41, 5.74) is -0.223. The molecule has 0 spiro atoms. The van der Waals surface area contributed by atoms with E-state index in [2.05, 4.69) is 11.9 Å². The second-order valence-corrected chi connectivity index (χ2v) is 6.41. The van der Waals surface area contributed by atoms with Crippen molar-refractivity contribution >= 4 is 6.09 Å². The number of carbonyl (C=O) groups is 1. The van der Waals surface area contributed by atoms with E-state index in [0.29, 0.717) is 6.54 Å². The van der Waals surface area contributed by atoms with Crippen LogP contribution in [0.15, 0.2) is 12.7 Å². The van der Waals surface area contributed by atoms with Gasteiger partial charge in [0.05, 0.1) is 0 Å². The van der Waals surface area contributed by atoms with Gasteiger partial charge in [-0.2, -0.15) is 0 Å². The Morgan fingerprint density at radius 2 is 1.94 bits per heavy atom. The maximum Gasteiger partial charge on any atom is 0.407 e. The van der Waals surface area contributed by atoms with Crippen LogP contribution >= 0.6 is 0 Å². The highest BCUT2D eigenvalue weighted by Gasteiger charge is 2.31. The molecule has 0 radical (unpaired) electrons. The molecule has 0 unspecified atom stereocenters. The Labute approximate surface area is 111 Å². The van der Waals surface area contributed by atoms with Crippen LogP contribution in [-0.4, -0.2) is 18.2 Å². The van der Waals surface area contributed by atoms with Crippen molar-refractivity contribution in [3.05, 3.63) is 12.7 Å². The second-order valence-electron chi connectivity index (χ2n) is 6.41. The molecule has 0 saturated heterocycles. The minimum absolute atomic E-state index is 0.205. The van der Waals surface area contributed by atoms with Crippen LogP contribution in [-0.2, 0) is 4.74 Å². The zero-order valence-corrected chi connectivity index (χ0v) is 12.1. The molecule has 104 valence electrons. The molecular weight excluding hydrogens is 226 g/mol. The summed E-state index contributed by atoms with van der Waals surface area (Å²) in [6.07, 6.45) is 8.81. The Morgan fingerprint density at radius 3 is 2.44 bits per heavy atom. The second kappa shape index (κ2) is 6.26. The Balaban J connectivity index is 2.47. The lowest BCUT2D eigenvalue weighted by atomic mass is 9.72. The normalized spacial score (nSPS) is 19.1. The van der Waals surface area contributed by atoms with E-state index in [9.17, 15) is 4.79 Å². The molecule has 1 aliphatic rings. The van der Waals surface area contributed by atoms with Crippen LogP contribution < -0.4 is 5.32 Å². The summed E-state index contributed by atoms with van der Waals surface area (Å²) in [6, 6.07) is 0. The van der Waals surface area contributed by atoms with Gasteiger partial charge in [0, 0.05) is 6.54 Å². The summed E-state index contributed by atoms with van der Waals surface area (Å²) in [5.74, 6) is 0. The largest absolute Gasteiger partial charge is 0.444 e. The first kappa shape index (κ1) is 15.1. The summed E-state index contributed by atoms with van der Waals surface area (Å²) in [7, 11) is 0. The lowest BCUT2D eigenvalue weighted by molar-refractivity contribution is 0.0483. The Kier molecular flexibility index (Phi) is 5.24. The van der Waals surface area contributed by atoms with E-state index in [1.807, 2.05) is 26.8 Å². The summed E-state index contributed by atoms with van der Waals surface area (Å²) in [4.78, 5) is 11.7. The number of allylic oxidation sites excluding steroid dienone is 1. The molecule has 1 saturated carbocycles. The zero-order chi connectivity index (χ0) is 13.6. The number of hydrogen-bond donors (Lipinski definition) is 1. The lowest BCUT2D eigenvalue weighted by Gasteiger charge is -2.36. The molecule has 1 aliphatic carbocycles. The monoisotopic (exact) mass is 253 g/mol. The Morgan fingerprint density at radius 1 is 1.33 bits per heavy atom. The standard InChI is InChI=1S/C15H27NO2/c1-5-9-15(10-7-6-8-11-15)12-16-13(17)18-14(2,3)4/h5H,1,6-12H2,2-4H3,(H,16,17). The first-order valence-electron chi connectivity index (χ1n) is 6.95. The summed E-state index contributed by atoms with van der Waals surface area (Å²) in [5, 5.41) is 2.93. The zero-order valence-electron chi connectivity index (χ0n) is 12.1. The molecule has 1 fully saturated rings. The van der Waals surface area contributed by atoms with Crippen LogP contribution in [0.4, 0.5) is 4.79 Å². The van der Waals surface area contributed by atoms with Gasteiger partial charge in [-0.25, -0.2) is 4.79 Å². The van der Waals surface area contributed by atoms with E-state index in [1.165, 1.54) is 32.1 Å². The molecule has 0 aliphatic heterocycles. The van der Waals surface area contributed by atoms with Crippen molar-refractivity contribution in [1.29, 1.82) is 0 Å². The first-order chi connectivity index (χ1) is 8.37. The fourth-order valence-corrected chi connectivity index (χ4v) is 2.63. The van der Waals surface area contributed by atoms with Crippen molar-refractivity contribution in [1.82, 2.24) is 5.32 Å². The Hall–Kier alpha value is -0.990. The average Bonchev–Trinajstić information content (AvgIpc) is 2.26. The van der Waals surface area contributed by atoms with Crippen LogP contribution in [0.5, 0.6) is 0 Å². The number of nitrogens with one attached hydrogen (secondary N) is 1. The van der Waals surface area contributed by atoms with Gasteiger partial charge in [0.25, 0.3) is 0 Å². The van der Waals surface area contributed by atoms with E-state index >= 15 is 0 Å². The molecule has 0 bridgehead atoms. The van der Waals surface area contributed by atoms with Gasteiger partial charge >= 0.3 is 6.09 Å². The van der Waals surface area contributed by atoms with E-state index in [-0.39, 0.29) is 11.5 Å². The van der Waals surface area contributed by atoms with Crippen LogP contribution in [0.2, 0.25) is 0 Å². The van der Waals surface area contributed by atoms with Gasteiger partial charge in [-0.15, -0.1) is 6.58 Å². The van der Waals surface area contributed by atoms with Gasteiger partial charge in [-0.3, -0.25) is 0 Å². The predicted molar refractivity (Wildman–Crippen MR) is 74.6 cm³/mol. The molecule has 0 aromatic carbocycles. The topological polar surface area (TPSA) is 38.3 Å². The van der Waals surface area contributed by atoms with E-state index in [4.69, 9.17) is 4.74 Å². The van der Waals surface area contributed by atoms with Gasteiger partial charge < -0.3 is 10.1 Å². The summed E-state index contributed by atoms with van der Waals surface area (Å²) >= 11 is 0. The van der Waals surface area contributed by atoms with Crippen LogP contribution in [0.3, 0.4) is 0 Å². The fraction of sp³-hybridized carbons (Fsp3) is 0.800. The smallest absolute Gasteiger partial charge is 0.407 e. The number of carbonyl (C=O) groups excluding carboxylic acids is 1. The van der Waals surface area contributed by atoms with Crippen molar-refractivity contribution in [2.24, 2.45) is 5.41 Å². The van der Waals surface area contributed by atoms with Crippen molar-refractivity contribution in [2.45, 2.75) is 64.9 Å². The Bertz CT molecular complexity index is 285. The van der Waals surface area contributed by atoms with E-state index in [0.717, 1.165) is 6.42 Å². The minimum Gasteiger partial charge on any atom is -0.444 e. The van der Waals surface area contributed by atoms with Crippen molar-refractivity contribution in [3.8, 4) is 0 Å². The summed E-state index contributed by atoms with van der Waals surface area (Å²) in [6.45, 7) is 10.2. The van der Waals surface area contributed by atoms with Crippen molar-refractivity contribution in [2.75, 3.05) is 6.54 Å². The maximum atomic E-state index is 11.7. The predicted octanol–water partition coefficient (Wildman–Crippen LogP) is 4.04. The van der Waals surface area contributed by atoms with Crippen molar-refractivity contribution in [3.63, 3.8) is 0 Å². The van der Waals surface area contributed by atoms with Crippen LogP contribution in [0, 0.1) is 5.41 Å². The molecule has 0 aromatic heterocycles. The maximum absolute atomic E-state index is 11.7. The molecular formula is C15H27NO2. The summed E-state index contributed by atoms with van der Waals surface area (Å²) < 4.78 is 5.28. The molecule has 1 amide bonds. The highest BCUT2D eigenvalue weighted by Crippen LogP contribution is 2.39. The third-order valence-corrected chi connectivity index (χ3v) is 3.50. The average molecular weight is 253 g/mol. The molecule has 1 rings (SSSR count). The first-order valence-corrected chi connectivity index (χ1v) is 6.95. The molecule has 0 aromatic rings. The van der Waals surface area contributed by atoms with Crippen LogP contribution in [0.25, 0.3) is 0 Å². The van der Waals surface area contributed by atoms with Gasteiger partial charge in [0.1, 0.15) is 5.60 Å². The van der Waals surface area contributed by atoms with Gasteiger partial charge in [-0.1, -0.05) is 25.3 Å². The number of alkyl carbamates (subject to hydrolysis) is 1. The SMILES string of the molecule is C=CCC1(CNC(=O)OC(C)(C)C)CCCCC1. The van der Waals surface area contributed by atoms with E-state index in [1.54, 1.807) is 0 Å². The number of ether oxygens (including phenoxy) is 1. The molecule has 0 atom stereocenters. The highest BCUT2D eigenvalue weighted by atomic mass is 16.6.